The van der Waals surface area contributed by atoms with E-state index in [0.29, 0.717) is 6.61 Å². The van der Waals surface area contributed by atoms with Gasteiger partial charge in [0.05, 0.1) is 12.0 Å². The van der Waals surface area contributed by atoms with Crippen molar-refractivity contribution in [3.05, 3.63) is 64.5 Å². The molecular formula is C18H17ClOS. The van der Waals surface area contributed by atoms with Crippen molar-refractivity contribution in [2.45, 2.75) is 19.2 Å². The number of halogens is 1. The number of hydrogen-bond acceptors (Lipinski definition) is 2. The zero-order chi connectivity index (χ0) is 14.8. The molecule has 21 heavy (non-hydrogen) atoms. The molecule has 0 bridgehead atoms. The first kappa shape index (κ1) is 14.4. The standard InChI is InChI=1S/C18H17ClOS/c1-3-20-16-9-8-12(2)10-14(16)18(19)15-11-21-17-7-5-4-6-13(15)17/h4-11,18H,3H2,1-2H3. The zero-order valence-corrected chi connectivity index (χ0v) is 13.7. The SMILES string of the molecule is CCOc1ccc(C)cc1C(Cl)c1csc2ccccc12. The monoisotopic (exact) mass is 316 g/mol. The lowest BCUT2D eigenvalue weighted by Crippen LogP contribution is -2.00. The molecule has 1 heterocycles. The number of aryl methyl sites for hydroxylation is 1. The minimum absolute atomic E-state index is 0.192. The highest BCUT2D eigenvalue weighted by Gasteiger charge is 2.19. The van der Waals surface area contributed by atoms with Gasteiger partial charge in [-0.05, 0) is 42.3 Å². The van der Waals surface area contributed by atoms with E-state index in [4.69, 9.17) is 16.3 Å². The highest BCUT2D eigenvalue weighted by atomic mass is 35.5. The van der Waals surface area contributed by atoms with E-state index in [1.54, 1.807) is 11.3 Å². The molecule has 2 aromatic carbocycles. The fourth-order valence-electron chi connectivity index (χ4n) is 2.52. The zero-order valence-electron chi connectivity index (χ0n) is 12.1. The molecule has 1 unspecified atom stereocenters. The Kier molecular flexibility index (Phi) is 4.18. The Bertz CT molecular complexity index is 763. The van der Waals surface area contributed by atoms with Gasteiger partial charge in [-0.25, -0.2) is 0 Å². The first-order valence-electron chi connectivity index (χ1n) is 7.04. The lowest BCUT2D eigenvalue weighted by Gasteiger charge is -2.15. The molecule has 0 radical (unpaired) electrons. The van der Waals surface area contributed by atoms with Gasteiger partial charge in [-0.15, -0.1) is 22.9 Å². The van der Waals surface area contributed by atoms with Crippen molar-refractivity contribution in [3.63, 3.8) is 0 Å². The van der Waals surface area contributed by atoms with Gasteiger partial charge >= 0.3 is 0 Å². The van der Waals surface area contributed by atoms with Gasteiger partial charge in [-0.2, -0.15) is 0 Å². The van der Waals surface area contributed by atoms with Crippen LogP contribution in [0.15, 0.2) is 47.8 Å². The molecule has 1 aromatic heterocycles. The number of benzene rings is 2. The van der Waals surface area contributed by atoms with Crippen molar-refractivity contribution in [2.75, 3.05) is 6.61 Å². The molecule has 1 nitrogen and oxygen atoms in total. The van der Waals surface area contributed by atoms with Crippen molar-refractivity contribution in [2.24, 2.45) is 0 Å². The van der Waals surface area contributed by atoms with Crippen LogP contribution in [-0.2, 0) is 0 Å². The van der Waals surface area contributed by atoms with Crippen LogP contribution in [0.1, 0.15) is 29.0 Å². The fraction of sp³-hybridized carbons (Fsp3) is 0.222. The van der Waals surface area contributed by atoms with E-state index < -0.39 is 0 Å². The van der Waals surface area contributed by atoms with Crippen LogP contribution in [0.3, 0.4) is 0 Å². The van der Waals surface area contributed by atoms with Crippen molar-refractivity contribution >= 4 is 33.0 Å². The topological polar surface area (TPSA) is 9.23 Å². The molecule has 1 atom stereocenters. The molecule has 0 aliphatic rings. The van der Waals surface area contributed by atoms with Crippen LogP contribution in [0.25, 0.3) is 10.1 Å². The van der Waals surface area contributed by atoms with Gasteiger partial charge in [0.2, 0.25) is 0 Å². The third-order valence-electron chi connectivity index (χ3n) is 3.52. The summed E-state index contributed by atoms with van der Waals surface area (Å²) in [6, 6.07) is 14.6. The molecule has 0 saturated carbocycles. The Labute approximate surface area is 134 Å². The molecule has 0 saturated heterocycles. The quantitative estimate of drug-likeness (QED) is 0.541. The van der Waals surface area contributed by atoms with E-state index in [1.165, 1.54) is 15.6 Å². The lowest BCUT2D eigenvalue weighted by molar-refractivity contribution is 0.337. The second kappa shape index (κ2) is 6.08. The number of fused-ring (bicyclic) bond motifs is 1. The van der Waals surface area contributed by atoms with Crippen molar-refractivity contribution in [3.8, 4) is 5.75 Å². The summed E-state index contributed by atoms with van der Waals surface area (Å²) < 4.78 is 7.01. The maximum atomic E-state index is 6.79. The van der Waals surface area contributed by atoms with Crippen LogP contribution in [0.5, 0.6) is 5.75 Å². The molecule has 3 rings (SSSR count). The normalized spacial score (nSPS) is 12.5. The van der Waals surface area contributed by atoms with Crippen molar-refractivity contribution < 1.29 is 4.74 Å². The van der Waals surface area contributed by atoms with Gasteiger partial charge in [0.1, 0.15) is 5.75 Å². The van der Waals surface area contributed by atoms with E-state index in [9.17, 15) is 0 Å². The molecule has 3 aromatic rings. The summed E-state index contributed by atoms with van der Waals surface area (Å²) in [6.07, 6.45) is 0. The number of thiophene rings is 1. The summed E-state index contributed by atoms with van der Waals surface area (Å²) in [4.78, 5) is 0. The molecular weight excluding hydrogens is 300 g/mol. The van der Waals surface area contributed by atoms with Crippen LogP contribution in [-0.4, -0.2) is 6.61 Å². The molecule has 0 aliphatic heterocycles. The fourth-order valence-corrected chi connectivity index (χ4v) is 3.93. The Hall–Kier alpha value is -1.51. The third kappa shape index (κ3) is 2.78. The van der Waals surface area contributed by atoms with Gasteiger partial charge in [-0.1, -0.05) is 35.9 Å². The first-order chi connectivity index (χ1) is 10.2. The maximum absolute atomic E-state index is 6.79. The van der Waals surface area contributed by atoms with Crippen LogP contribution >= 0.6 is 22.9 Å². The number of rotatable bonds is 4. The van der Waals surface area contributed by atoms with Gasteiger partial charge in [0, 0.05) is 10.3 Å². The van der Waals surface area contributed by atoms with Gasteiger partial charge in [0.15, 0.2) is 0 Å². The van der Waals surface area contributed by atoms with Gasteiger partial charge in [0.25, 0.3) is 0 Å². The molecule has 0 spiro atoms. The van der Waals surface area contributed by atoms with Crippen LogP contribution in [0.4, 0.5) is 0 Å². The Morgan fingerprint density at radius 1 is 1.14 bits per heavy atom. The van der Waals surface area contributed by atoms with Gasteiger partial charge < -0.3 is 4.74 Å². The first-order valence-corrected chi connectivity index (χ1v) is 8.36. The molecule has 108 valence electrons. The summed E-state index contributed by atoms with van der Waals surface area (Å²) in [5.74, 6) is 0.874. The molecule has 3 heteroatoms. The van der Waals surface area contributed by atoms with Gasteiger partial charge in [-0.3, -0.25) is 0 Å². The summed E-state index contributed by atoms with van der Waals surface area (Å²) in [5.41, 5.74) is 3.39. The molecule has 0 amide bonds. The smallest absolute Gasteiger partial charge is 0.124 e. The summed E-state index contributed by atoms with van der Waals surface area (Å²) in [7, 11) is 0. The Morgan fingerprint density at radius 2 is 1.95 bits per heavy atom. The summed E-state index contributed by atoms with van der Waals surface area (Å²) in [6.45, 7) is 4.71. The van der Waals surface area contributed by atoms with Crippen molar-refractivity contribution in [1.29, 1.82) is 0 Å². The Morgan fingerprint density at radius 3 is 2.76 bits per heavy atom. The minimum atomic E-state index is -0.192. The maximum Gasteiger partial charge on any atom is 0.124 e. The molecule has 0 N–H and O–H groups in total. The van der Waals surface area contributed by atoms with E-state index in [0.717, 1.165) is 16.9 Å². The number of hydrogen-bond donors (Lipinski definition) is 0. The second-order valence-corrected chi connectivity index (χ2v) is 6.37. The van der Waals surface area contributed by atoms with Crippen LogP contribution in [0.2, 0.25) is 0 Å². The van der Waals surface area contributed by atoms with Crippen LogP contribution in [0, 0.1) is 6.92 Å². The average Bonchev–Trinajstić information content (AvgIpc) is 2.92. The van der Waals surface area contributed by atoms with E-state index >= 15 is 0 Å². The second-order valence-electron chi connectivity index (χ2n) is 5.02. The van der Waals surface area contributed by atoms with Crippen molar-refractivity contribution in [1.82, 2.24) is 0 Å². The summed E-state index contributed by atoms with van der Waals surface area (Å²) >= 11 is 8.53. The minimum Gasteiger partial charge on any atom is -0.494 e. The lowest BCUT2D eigenvalue weighted by atomic mass is 10.0. The molecule has 0 fully saturated rings. The highest BCUT2D eigenvalue weighted by molar-refractivity contribution is 7.17. The predicted octanol–water partition coefficient (Wildman–Crippen LogP) is 5.94. The molecule has 0 aliphatic carbocycles. The van der Waals surface area contributed by atoms with E-state index in [2.05, 4.69) is 48.7 Å². The highest BCUT2D eigenvalue weighted by Crippen LogP contribution is 2.41. The van der Waals surface area contributed by atoms with E-state index in [1.807, 2.05) is 13.0 Å². The predicted molar refractivity (Wildman–Crippen MR) is 91.9 cm³/mol. The largest absolute Gasteiger partial charge is 0.494 e. The number of alkyl halides is 1. The third-order valence-corrected chi connectivity index (χ3v) is 4.97. The summed E-state index contributed by atoms with van der Waals surface area (Å²) in [5, 5.41) is 3.19. The van der Waals surface area contributed by atoms with Crippen LogP contribution < -0.4 is 4.74 Å². The number of ether oxygens (including phenoxy) is 1. The Balaban J connectivity index is 2.09. The van der Waals surface area contributed by atoms with E-state index in [-0.39, 0.29) is 5.38 Å². The average molecular weight is 317 g/mol.